The van der Waals surface area contributed by atoms with Gasteiger partial charge in [0, 0.05) is 50.3 Å². The van der Waals surface area contributed by atoms with Gasteiger partial charge in [-0.05, 0) is 63.8 Å². The number of pyridine rings is 1. The molecule has 1 aliphatic rings. The first-order chi connectivity index (χ1) is 13.5. The van der Waals surface area contributed by atoms with Crippen molar-refractivity contribution < 1.29 is 4.79 Å². The number of aryl methyl sites for hydroxylation is 1. The molecule has 0 unspecified atom stereocenters. The van der Waals surface area contributed by atoms with Crippen LogP contribution in [0.2, 0.25) is 0 Å². The fourth-order valence-corrected chi connectivity index (χ4v) is 3.44. The van der Waals surface area contributed by atoms with Crippen LogP contribution in [0.1, 0.15) is 22.5 Å². The summed E-state index contributed by atoms with van der Waals surface area (Å²) in [5, 5.41) is 3.39. The Labute approximate surface area is 168 Å². The van der Waals surface area contributed by atoms with E-state index >= 15 is 0 Å². The Morgan fingerprint density at radius 3 is 2.64 bits per heavy atom. The van der Waals surface area contributed by atoms with Crippen LogP contribution >= 0.6 is 0 Å². The Balaban J connectivity index is 1.54. The topological polar surface area (TPSA) is 51.7 Å². The largest absolute Gasteiger partial charge is 0.385 e. The van der Waals surface area contributed by atoms with E-state index in [1.807, 2.05) is 17.0 Å². The molecule has 1 fully saturated rings. The number of nitrogens with one attached hydrogen (secondary N) is 1. The number of benzene rings is 1. The van der Waals surface area contributed by atoms with Gasteiger partial charge in [0.05, 0.1) is 0 Å². The molecule has 28 heavy (non-hydrogen) atoms. The lowest BCUT2D eigenvalue weighted by Gasteiger charge is -2.36. The molecule has 150 valence electrons. The van der Waals surface area contributed by atoms with E-state index in [4.69, 9.17) is 0 Å². The van der Waals surface area contributed by atoms with Gasteiger partial charge in [0.1, 0.15) is 5.69 Å². The van der Waals surface area contributed by atoms with Crippen LogP contribution in [0.5, 0.6) is 0 Å². The molecule has 1 aliphatic heterocycles. The van der Waals surface area contributed by atoms with E-state index in [1.54, 1.807) is 6.20 Å². The molecular weight excluding hydrogens is 350 g/mol. The number of nitrogens with zero attached hydrogens (tertiary/aromatic N) is 4. The van der Waals surface area contributed by atoms with Gasteiger partial charge in [-0.15, -0.1) is 0 Å². The number of hydrogen-bond donors (Lipinski definition) is 1. The van der Waals surface area contributed by atoms with Crippen LogP contribution in [0.15, 0.2) is 42.6 Å². The molecule has 1 saturated heterocycles. The van der Waals surface area contributed by atoms with Crippen molar-refractivity contribution in [1.29, 1.82) is 0 Å². The second-order valence-corrected chi connectivity index (χ2v) is 7.63. The lowest BCUT2D eigenvalue weighted by molar-refractivity contribution is 0.0741. The van der Waals surface area contributed by atoms with Gasteiger partial charge in [-0.25, -0.2) is 0 Å². The maximum atomic E-state index is 12.9. The molecule has 1 aromatic heterocycles. The highest BCUT2D eigenvalue weighted by Crippen LogP contribution is 2.19. The fourth-order valence-electron chi connectivity index (χ4n) is 3.44. The molecule has 0 aliphatic carbocycles. The minimum atomic E-state index is 0.0147. The van der Waals surface area contributed by atoms with Gasteiger partial charge in [-0.3, -0.25) is 9.78 Å². The third-order valence-corrected chi connectivity index (χ3v) is 5.02. The second-order valence-electron chi connectivity index (χ2n) is 7.63. The smallest absolute Gasteiger partial charge is 0.272 e. The molecule has 0 radical (unpaired) electrons. The Morgan fingerprint density at radius 2 is 1.93 bits per heavy atom. The summed E-state index contributed by atoms with van der Waals surface area (Å²) in [5.41, 5.74) is 3.96. The molecule has 1 aromatic carbocycles. The first-order valence-electron chi connectivity index (χ1n) is 9.98. The number of hydrogen-bond acceptors (Lipinski definition) is 5. The normalized spacial score (nSPS) is 14.4. The number of amides is 1. The van der Waals surface area contributed by atoms with E-state index in [9.17, 15) is 4.79 Å². The molecule has 1 amide bonds. The standard InChI is InChI=1S/C22H31N5O/c1-18-6-4-7-20(16-18)26-12-14-27(15-13-26)22(28)21-17-19(8-10-24-21)23-9-5-11-25(2)3/h4,6-8,10,16-17H,5,9,11-15H2,1-3H3,(H,23,24). The summed E-state index contributed by atoms with van der Waals surface area (Å²) >= 11 is 0. The average Bonchev–Trinajstić information content (AvgIpc) is 2.71. The van der Waals surface area contributed by atoms with Gasteiger partial charge in [-0.1, -0.05) is 12.1 Å². The Bertz CT molecular complexity index is 784. The summed E-state index contributed by atoms with van der Waals surface area (Å²) in [6, 6.07) is 12.3. The predicted octanol–water partition coefficient (Wildman–Crippen LogP) is 2.72. The zero-order chi connectivity index (χ0) is 19.9. The quantitative estimate of drug-likeness (QED) is 0.748. The van der Waals surface area contributed by atoms with E-state index < -0.39 is 0 Å². The van der Waals surface area contributed by atoms with Crippen molar-refractivity contribution in [2.24, 2.45) is 0 Å². The molecule has 1 N–H and O–H groups in total. The highest BCUT2D eigenvalue weighted by Gasteiger charge is 2.23. The second kappa shape index (κ2) is 9.55. The minimum Gasteiger partial charge on any atom is -0.385 e. The van der Waals surface area contributed by atoms with Crippen LogP contribution in [-0.4, -0.2) is 74.1 Å². The van der Waals surface area contributed by atoms with Gasteiger partial charge < -0.3 is 20.0 Å². The van der Waals surface area contributed by atoms with Crippen molar-refractivity contribution in [3.05, 3.63) is 53.9 Å². The lowest BCUT2D eigenvalue weighted by Crippen LogP contribution is -2.49. The Morgan fingerprint density at radius 1 is 1.14 bits per heavy atom. The van der Waals surface area contributed by atoms with Crippen molar-refractivity contribution in [1.82, 2.24) is 14.8 Å². The number of rotatable bonds is 7. The van der Waals surface area contributed by atoms with Crippen molar-refractivity contribution >= 4 is 17.3 Å². The van der Waals surface area contributed by atoms with Gasteiger partial charge in [0.2, 0.25) is 0 Å². The Kier molecular flexibility index (Phi) is 6.87. The summed E-state index contributed by atoms with van der Waals surface area (Å²) in [4.78, 5) is 23.6. The van der Waals surface area contributed by atoms with Crippen LogP contribution in [-0.2, 0) is 0 Å². The minimum absolute atomic E-state index is 0.0147. The first kappa shape index (κ1) is 20.1. The molecule has 0 atom stereocenters. The summed E-state index contributed by atoms with van der Waals surface area (Å²) in [6.45, 7) is 7.15. The Hall–Kier alpha value is -2.60. The van der Waals surface area contributed by atoms with Gasteiger partial charge in [-0.2, -0.15) is 0 Å². The summed E-state index contributed by atoms with van der Waals surface area (Å²) in [7, 11) is 4.14. The number of aromatic nitrogens is 1. The molecule has 3 rings (SSSR count). The number of carbonyl (C=O) groups is 1. The van der Waals surface area contributed by atoms with Gasteiger partial charge >= 0.3 is 0 Å². The van der Waals surface area contributed by atoms with Crippen LogP contribution < -0.4 is 10.2 Å². The molecule has 2 aromatic rings. The molecule has 0 saturated carbocycles. The SMILES string of the molecule is Cc1cccc(N2CCN(C(=O)c3cc(NCCCN(C)C)ccn3)CC2)c1. The summed E-state index contributed by atoms with van der Waals surface area (Å²) in [6.07, 6.45) is 2.77. The third-order valence-electron chi connectivity index (χ3n) is 5.02. The number of piperazine rings is 1. The predicted molar refractivity (Wildman–Crippen MR) is 115 cm³/mol. The highest BCUT2D eigenvalue weighted by molar-refractivity contribution is 5.93. The van der Waals surface area contributed by atoms with Crippen LogP contribution in [0.25, 0.3) is 0 Å². The first-order valence-corrected chi connectivity index (χ1v) is 9.98. The van der Waals surface area contributed by atoms with E-state index in [2.05, 4.69) is 65.4 Å². The maximum absolute atomic E-state index is 12.9. The molecule has 6 heteroatoms. The lowest BCUT2D eigenvalue weighted by atomic mass is 10.2. The molecule has 2 heterocycles. The van der Waals surface area contributed by atoms with E-state index in [-0.39, 0.29) is 5.91 Å². The number of anilines is 2. The molecule has 6 nitrogen and oxygen atoms in total. The fraction of sp³-hybridized carbons (Fsp3) is 0.455. The van der Waals surface area contributed by atoms with Crippen LogP contribution in [0.4, 0.5) is 11.4 Å². The van der Waals surface area contributed by atoms with Crippen molar-refractivity contribution in [2.45, 2.75) is 13.3 Å². The zero-order valence-corrected chi connectivity index (χ0v) is 17.2. The molecular formula is C22H31N5O. The van der Waals surface area contributed by atoms with E-state index in [1.165, 1.54) is 11.3 Å². The van der Waals surface area contributed by atoms with Crippen LogP contribution in [0, 0.1) is 6.92 Å². The van der Waals surface area contributed by atoms with Crippen molar-refractivity contribution in [2.75, 3.05) is 63.6 Å². The van der Waals surface area contributed by atoms with E-state index in [0.717, 1.165) is 51.4 Å². The summed E-state index contributed by atoms with van der Waals surface area (Å²) < 4.78 is 0. The summed E-state index contributed by atoms with van der Waals surface area (Å²) in [5.74, 6) is 0.0147. The van der Waals surface area contributed by atoms with Gasteiger partial charge in [0.25, 0.3) is 5.91 Å². The molecule has 0 spiro atoms. The number of carbonyl (C=O) groups excluding carboxylic acids is 1. The maximum Gasteiger partial charge on any atom is 0.272 e. The third kappa shape index (κ3) is 5.45. The highest BCUT2D eigenvalue weighted by atomic mass is 16.2. The van der Waals surface area contributed by atoms with Crippen LogP contribution in [0.3, 0.4) is 0 Å². The monoisotopic (exact) mass is 381 g/mol. The van der Waals surface area contributed by atoms with Gasteiger partial charge in [0.15, 0.2) is 0 Å². The zero-order valence-electron chi connectivity index (χ0n) is 17.2. The molecule has 0 bridgehead atoms. The van der Waals surface area contributed by atoms with E-state index in [0.29, 0.717) is 5.69 Å². The van der Waals surface area contributed by atoms with Crippen molar-refractivity contribution in [3.8, 4) is 0 Å². The van der Waals surface area contributed by atoms with Crippen molar-refractivity contribution in [3.63, 3.8) is 0 Å². The average molecular weight is 382 g/mol.